The minimum absolute atomic E-state index is 0.383. The Balaban J connectivity index is 1.85. The van der Waals surface area contributed by atoms with Crippen molar-refractivity contribution in [3.8, 4) is 11.5 Å². The number of anilines is 1. The van der Waals surface area contributed by atoms with E-state index in [2.05, 4.69) is 5.32 Å². The lowest BCUT2D eigenvalue weighted by atomic mass is 9.93. The van der Waals surface area contributed by atoms with Gasteiger partial charge >= 0.3 is 5.97 Å². The molecule has 1 atom stereocenters. The van der Waals surface area contributed by atoms with E-state index in [-0.39, 0.29) is 0 Å². The van der Waals surface area contributed by atoms with Crippen LogP contribution in [0.4, 0.5) is 10.1 Å². The van der Waals surface area contributed by atoms with Gasteiger partial charge in [0.1, 0.15) is 19.0 Å². The summed E-state index contributed by atoms with van der Waals surface area (Å²) in [7, 11) is 1.33. The van der Waals surface area contributed by atoms with Crippen LogP contribution in [0.25, 0.3) is 0 Å². The van der Waals surface area contributed by atoms with Crippen LogP contribution in [0.2, 0.25) is 0 Å². The predicted molar refractivity (Wildman–Crippen MR) is 114 cm³/mol. The topological polar surface area (TPSA) is 60.0 Å². The monoisotopic (exact) mass is 428 g/mol. The van der Waals surface area contributed by atoms with E-state index >= 15 is 0 Å². The van der Waals surface area contributed by atoms with Crippen LogP contribution in [-0.2, 0) is 9.53 Å². The summed E-state index contributed by atoms with van der Waals surface area (Å²) in [6, 6.07) is 11.0. The van der Waals surface area contributed by atoms with Crippen LogP contribution in [-0.4, -0.2) is 31.4 Å². The van der Waals surface area contributed by atoms with E-state index < -0.39 is 17.8 Å². The number of halogens is 1. The van der Waals surface area contributed by atoms with Crippen LogP contribution in [0, 0.1) is 5.82 Å². The first kappa shape index (κ1) is 20.2. The minimum Gasteiger partial charge on any atom is -0.486 e. The lowest BCUT2D eigenvalue weighted by molar-refractivity contribution is -0.136. The Kier molecular flexibility index (Phi) is 5.59. The number of nitrogens with zero attached hydrogens (tertiary/aromatic N) is 1. The first-order valence-corrected chi connectivity index (χ1v) is 10.0. The van der Waals surface area contributed by atoms with Crippen molar-refractivity contribution in [2.45, 2.75) is 19.4 Å². The summed E-state index contributed by atoms with van der Waals surface area (Å²) in [6.45, 7) is 2.89. The van der Waals surface area contributed by atoms with Crippen molar-refractivity contribution in [2.75, 3.05) is 25.2 Å². The maximum atomic E-state index is 13.9. The Morgan fingerprint density at radius 1 is 1.23 bits per heavy atom. The smallest absolute Gasteiger partial charge is 0.337 e. The predicted octanol–water partition coefficient (Wildman–Crippen LogP) is 3.87. The van der Waals surface area contributed by atoms with Crippen LogP contribution in [0.15, 0.2) is 53.7 Å². The fourth-order valence-corrected chi connectivity index (χ4v) is 4.08. The molecule has 2 aliphatic rings. The first-order valence-electron chi connectivity index (χ1n) is 9.60. The molecule has 0 amide bonds. The van der Waals surface area contributed by atoms with Gasteiger partial charge in [-0.3, -0.25) is 4.90 Å². The molecule has 2 aromatic rings. The number of benzene rings is 2. The number of rotatable bonds is 4. The molecule has 0 saturated heterocycles. The van der Waals surface area contributed by atoms with Gasteiger partial charge in [0, 0.05) is 11.8 Å². The summed E-state index contributed by atoms with van der Waals surface area (Å²) in [4.78, 5) is 14.6. The fraction of sp³-hybridized carbons (Fsp3) is 0.273. The molecule has 30 heavy (non-hydrogen) atoms. The summed E-state index contributed by atoms with van der Waals surface area (Å²) < 4.78 is 30.2. The van der Waals surface area contributed by atoms with Crippen molar-refractivity contribution < 1.29 is 23.4 Å². The zero-order valence-corrected chi connectivity index (χ0v) is 17.4. The fourth-order valence-electron chi connectivity index (χ4n) is 3.74. The average molecular weight is 428 g/mol. The van der Waals surface area contributed by atoms with Gasteiger partial charge < -0.3 is 19.5 Å². The van der Waals surface area contributed by atoms with Crippen molar-refractivity contribution >= 4 is 29.0 Å². The number of ether oxygens (including phenoxy) is 3. The van der Waals surface area contributed by atoms with E-state index in [0.717, 1.165) is 5.69 Å². The third-order valence-corrected chi connectivity index (χ3v) is 5.35. The molecular weight excluding hydrogens is 407 g/mol. The Morgan fingerprint density at radius 3 is 2.70 bits per heavy atom. The third kappa shape index (κ3) is 3.59. The highest BCUT2D eigenvalue weighted by molar-refractivity contribution is 7.80. The zero-order chi connectivity index (χ0) is 21.3. The van der Waals surface area contributed by atoms with Crippen LogP contribution in [0.3, 0.4) is 0 Å². The molecule has 0 radical (unpaired) electrons. The SMILES string of the molecule is CCC1=C(C(=O)OC)C(c2cccc(F)c2)NC(=S)N1c1ccc2c(c1)OCCO2. The second-order valence-corrected chi connectivity index (χ2v) is 7.19. The molecule has 6 nitrogen and oxygen atoms in total. The van der Waals surface area contributed by atoms with Gasteiger partial charge in [-0.05, 0) is 48.5 Å². The third-order valence-electron chi connectivity index (χ3n) is 5.05. The molecule has 0 saturated carbocycles. The molecule has 2 heterocycles. The Labute approximate surface area is 179 Å². The highest BCUT2D eigenvalue weighted by atomic mass is 32.1. The molecule has 0 bridgehead atoms. The largest absolute Gasteiger partial charge is 0.486 e. The van der Waals surface area contributed by atoms with Gasteiger partial charge in [-0.25, -0.2) is 9.18 Å². The van der Waals surface area contributed by atoms with Gasteiger partial charge in [-0.15, -0.1) is 0 Å². The summed E-state index contributed by atoms with van der Waals surface area (Å²) in [6.07, 6.45) is 0.506. The maximum Gasteiger partial charge on any atom is 0.337 e. The maximum absolute atomic E-state index is 13.9. The minimum atomic E-state index is -0.621. The zero-order valence-electron chi connectivity index (χ0n) is 16.6. The molecular formula is C22H21FN2O4S. The molecule has 2 aliphatic heterocycles. The van der Waals surface area contributed by atoms with Crippen molar-refractivity contribution in [2.24, 2.45) is 0 Å². The van der Waals surface area contributed by atoms with Crippen LogP contribution < -0.4 is 19.7 Å². The Hall–Kier alpha value is -3.13. The number of fused-ring (bicyclic) bond motifs is 1. The van der Waals surface area contributed by atoms with Crippen molar-refractivity contribution in [3.05, 3.63) is 65.1 Å². The lowest BCUT2D eigenvalue weighted by Crippen LogP contribution is -2.48. The van der Waals surface area contributed by atoms with Crippen LogP contribution >= 0.6 is 12.2 Å². The van der Waals surface area contributed by atoms with Gasteiger partial charge in [0.15, 0.2) is 16.6 Å². The van der Waals surface area contributed by atoms with Gasteiger partial charge in [-0.2, -0.15) is 0 Å². The van der Waals surface area contributed by atoms with Crippen LogP contribution in [0.5, 0.6) is 11.5 Å². The second-order valence-electron chi connectivity index (χ2n) is 6.81. The Morgan fingerprint density at radius 2 is 2.00 bits per heavy atom. The van der Waals surface area contributed by atoms with Crippen LogP contribution in [0.1, 0.15) is 24.9 Å². The molecule has 0 fully saturated rings. The number of esters is 1. The molecule has 0 spiro atoms. The number of hydrogen-bond acceptors (Lipinski definition) is 5. The quantitative estimate of drug-likeness (QED) is 0.586. The average Bonchev–Trinajstić information content (AvgIpc) is 2.77. The molecule has 1 N–H and O–H groups in total. The molecule has 0 aliphatic carbocycles. The van der Waals surface area contributed by atoms with E-state index in [4.69, 9.17) is 26.4 Å². The number of thiocarbonyl (C=S) groups is 1. The number of nitrogens with one attached hydrogen (secondary N) is 1. The highest BCUT2D eigenvalue weighted by Gasteiger charge is 2.36. The molecule has 4 rings (SSSR count). The summed E-state index contributed by atoms with van der Waals surface area (Å²) in [5.74, 6) is 0.382. The molecule has 1 unspecified atom stereocenters. The first-order chi connectivity index (χ1) is 14.5. The Bertz CT molecular complexity index is 1040. The molecule has 156 valence electrons. The molecule has 8 heteroatoms. The number of hydrogen-bond donors (Lipinski definition) is 1. The van der Waals surface area contributed by atoms with Crippen molar-refractivity contribution in [1.29, 1.82) is 0 Å². The van der Waals surface area contributed by atoms with Gasteiger partial charge in [0.25, 0.3) is 0 Å². The van der Waals surface area contributed by atoms with E-state index in [0.29, 0.717) is 53.1 Å². The lowest BCUT2D eigenvalue weighted by Gasteiger charge is -2.38. The number of methoxy groups -OCH3 is 1. The van der Waals surface area contributed by atoms with Gasteiger partial charge in [0.05, 0.1) is 24.4 Å². The van der Waals surface area contributed by atoms with E-state index in [1.165, 1.54) is 19.2 Å². The van der Waals surface area contributed by atoms with E-state index in [9.17, 15) is 9.18 Å². The standard InChI is InChI=1S/C22H21FN2O4S/c1-3-16-19(21(26)27-2)20(13-5-4-6-14(23)11-13)24-22(30)25(16)15-7-8-17-18(12-15)29-10-9-28-17/h4-8,11-12,20H,3,9-10H2,1-2H3,(H,24,30). The molecule has 0 aromatic heterocycles. The second kappa shape index (κ2) is 8.31. The van der Waals surface area contributed by atoms with Crippen molar-refractivity contribution in [1.82, 2.24) is 5.32 Å². The van der Waals surface area contributed by atoms with E-state index in [1.54, 1.807) is 17.0 Å². The van der Waals surface area contributed by atoms with Gasteiger partial charge in [0.2, 0.25) is 0 Å². The highest BCUT2D eigenvalue weighted by Crippen LogP contribution is 2.39. The number of carbonyl (C=O) groups is 1. The van der Waals surface area contributed by atoms with E-state index in [1.807, 2.05) is 25.1 Å². The molecule has 2 aromatic carbocycles. The number of carbonyl (C=O) groups excluding carboxylic acids is 1. The normalized spacial score (nSPS) is 18.2. The number of allylic oxidation sites excluding steroid dienone is 1. The van der Waals surface area contributed by atoms with Gasteiger partial charge in [-0.1, -0.05) is 19.1 Å². The summed E-state index contributed by atoms with van der Waals surface area (Å²) >= 11 is 5.66. The summed E-state index contributed by atoms with van der Waals surface area (Å²) in [5.41, 5.74) is 2.38. The summed E-state index contributed by atoms with van der Waals surface area (Å²) in [5, 5.41) is 3.57. The van der Waals surface area contributed by atoms with Crippen molar-refractivity contribution in [3.63, 3.8) is 0 Å².